The molecular weight excluding hydrogens is 424 g/mol. The van der Waals surface area contributed by atoms with Crippen molar-refractivity contribution in [3.63, 3.8) is 0 Å². The van der Waals surface area contributed by atoms with E-state index in [9.17, 15) is 9.90 Å². The molecule has 34 heavy (non-hydrogen) atoms. The fourth-order valence-electron chi connectivity index (χ4n) is 3.21. The van der Waals surface area contributed by atoms with E-state index in [1.807, 2.05) is 64.4 Å². The van der Waals surface area contributed by atoms with E-state index in [0.29, 0.717) is 16.5 Å². The fraction of sp³-hybridized carbons (Fsp3) is 0.321. The average molecular weight is 465 g/mol. The lowest BCUT2D eigenvalue weighted by atomic mass is 10.1. The molecule has 0 aliphatic carbocycles. The Bertz CT molecular complexity index is 1140. The van der Waals surface area contributed by atoms with Crippen molar-refractivity contribution in [1.29, 1.82) is 0 Å². The van der Waals surface area contributed by atoms with E-state index in [0.717, 1.165) is 29.3 Å². The minimum Gasteiger partial charge on any atom is -0.508 e. The smallest absolute Gasteiger partial charge is 0.253 e. The van der Waals surface area contributed by atoms with Crippen LogP contribution in [-0.4, -0.2) is 22.6 Å². The Hall–Kier alpha value is -3.85. The number of carbonyl (C=O) groups is 1. The van der Waals surface area contributed by atoms with Gasteiger partial charge in [-0.25, -0.2) is 0 Å². The first kappa shape index (κ1) is 30.2. The summed E-state index contributed by atoms with van der Waals surface area (Å²) in [7, 11) is 1.85. The van der Waals surface area contributed by atoms with Crippen LogP contribution in [0.25, 0.3) is 17.8 Å². The molecule has 0 radical (unpaired) electrons. The van der Waals surface area contributed by atoms with E-state index in [4.69, 9.17) is 11.5 Å². The van der Waals surface area contributed by atoms with E-state index >= 15 is 0 Å². The SMILES string of the molecule is C#C.CCC.CC\C=c1/c(C(N)=O)c(N)n(-c2cc(O)ccc2C)/c1=C/C=C(\C)C/C=C\NC. The first-order valence-electron chi connectivity index (χ1n) is 11.4. The van der Waals surface area contributed by atoms with Gasteiger partial charge in [-0.1, -0.05) is 57.1 Å². The van der Waals surface area contributed by atoms with E-state index in [1.54, 1.807) is 16.7 Å². The molecule has 2 aromatic rings. The summed E-state index contributed by atoms with van der Waals surface area (Å²) in [6.07, 6.45) is 20.6. The fourth-order valence-corrected chi connectivity index (χ4v) is 3.21. The number of aromatic nitrogens is 1. The van der Waals surface area contributed by atoms with E-state index < -0.39 is 5.91 Å². The van der Waals surface area contributed by atoms with Gasteiger partial charge in [-0.3, -0.25) is 9.36 Å². The molecule has 6 N–H and O–H groups in total. The van der Waals surface area contributed by atoms with Crippen LogP contribution in [-0.2, 0) is 0 Å². The molecule has 0 fully saturated rings. The molecule has 184 valence electrons. The number of nitrogen functional groups attached to an aromatic ring is 1. The summed E-state index contributed by atoms with van der Waals surface area (Å²) in [5.41, 5.74) is 15.1. The van der Waals surface area contributed by atoms with E-state index in [1.165, 1.54) is 6.42 Å². The second kappa shape index (κ2) is 15.9. The van der Waals surface area contributed by atoms with Gasteiger partial charge in [-0.2, -0.15) is 0 Å². The van der Waals surface area contributed by atoms with Crippen LogP contribution in [0.1, 0.15) is 62.9 Å². The standard InChI is InChI=1S/C23H30N4O2.C3H8.C2H2/c1-5-7-18-19(12-9-15(2)8-6-13-26-4)27(22(24)21(18)23(25)29)20-14-17(28)11-10-16(20)3;1-3-2;1-2/h6-7,9-14,26,28H,5,8,24H2,1-4H3,(H2,25,29);3H2,1-2H3;1-2H/b13-6-,15-9+,18-7-,19-12+;;. The Balaban J connectivity index is 0.00000201. The number of aryl methyl sites for hydroxylation is 1. The first-order valence-corrected chi connectivity index (χ1v) is 11.4. The number of anilines is 1. The molecule has 0 saturated heterocycles. The second-order valence-electron chi connectivity index (χ2n) is 7.62. The van der Waals surface area contributed by atoms with Gasteiger partial charge in [0.25, 0.3) is 5.91 Å². The molecular formula is C28H40N4O2. The van der Waals surface area contributed by atoms with Crippen LogP contribution in [0.3, 0.4) is 0 Å². The molecule has 0 aliphatic heterocycles. The number of rotatable bonds is 7. The third kappa shape index (κ3) is 8.25. The molecule has 0 bridgehead atoms. The first-order chi connectivity index (χ1) is 16.2. The number of benzene rings is 1. The molecule has 0 saturated carbocycles. The third-order valence-electron chi connectivity index (χ3n) is 4.62. The number of hydrogen-bond donors (Lipinski definition) is 4. The van der Waals surface area contributed by atoms with Gasteiger partial charge in [0, 0.05) is 18.3 Å². The number of nitrogens with two attached hydrogens (primary N) is 2. The lowest BCUT2D eigenvalue weighted by molar-refractivity contribution is 0.100. The second-order valence-corrected chi connectivity index (χ2v) is 7.62. The van der Waals surface area contributed by atoms with Gasteiger partial charge in [0.1, 0.15) is 11.6 Å². The maximum atomic E-state index is 12.2. The molecule has 0 spiro atoms. The van der Waals surface area contributed by atoms with Gasteiger partial charge < -0.3 is 21.9 Å². The zero-order valence-corrected chi connectivity index (χ0v) is 21.4. The number of nitrogens with one attached hydrogen (secondary N) is 1. The number of allylic oxidation sites excluding steroid dienone is 3. The Labute approximate surface area is 204 Å². The molecule has 0 unspecified atom stereocenters. The van der Waals surface area contributed by atoms with Crippen molar-refractivity contribution in [2.45, 2.75) is 53.9 Å². The normalized spacial score (nSPS) is 12.1. The number of terminal acetylenes is 1. The van der Waals surface area contributed by atoms with Gasteiger partial charge in [-0.05, 0) is 50.6 Å². The average Bonchev–Trinajstić information content (AvgIpc) is 3.07. The van der Waals surface area contributed by atoms with Crippen LogP contribution in [0.5, 0.6) is 5.75 Å². The number of nitrogens with zero attached hydrogens (tertiary/aromatic N) is 1. The Morgan fingerprint density at radius 3 is 2.38 bits per heavy atom. The summed E-state index contributed by atoms with van der Waals surface area (Å²) in [4.78, 5) is 12.2. The molecule has 1 aromatic carbocycles. The summed E-state index contributed by atoms with van der Waals surface area (Å²) in [6, 6.07) is 5.06. The molecule has 1 heterocycles. The highest BCUT2D eigenvalue weighted by Gasteiger charge is 2.18. The molecule has 0 aliphatic rings. The lowest BCUT2D eigenvalue weighted by Gasteiger charge is -2.11. The maximum absolute atomic E-state index is 12.2. The minimum absolute atomic E-state index is 0.121. The lowest BCUT2D eigenvalue weighted by Crippen LogP contribution is -2.32. The maximum Gasteiger partial charge on any atom is 0.253 e. The number of aromatic hydroxyl groups is 1. The summed E-state index contributed by atoms with van der Waals surface area (Å²) in [5, 5.41) is 14.4. The molecule has 1 aromatic heterocycles. The van der Waals surface area contributed by atoms with E-state index in [2.05, 4.69) is 32.0 Å². The number of phenols is 1. The van der Waals surface area contributed by atoms with Gasteiger partial charge in [-0.15, -0.1) is 12.8 Å². The van der Waals surface area contributed by atoms with Gasteiger partial charge >= 0.3 is 0 Å². The van der Waals surface area contributed by atoms with Crippen molar-refractivity contribution < 1.29 is 9.90 Å². The Kier molecular flexibility index (Phi) is 14.1. The predicted octanol–water partition coefficient (Wildman–Crippen LogP) is 3.88. The van der Waals surface area contributed by atoms with Crippen molar-refractivity contribution in [1.82, 2.24) is 9.88 Å². The van der Waals surface area contributed by atoms with Crippen LogP contribution >= 0.6 is 0 Å². The topological polar surface area (TPSA) is 106 Å². The van der Waals surface area contributed by atoms with Crippen molar-refractivity contribution in [3.8, 4) is 24.3 Å². The molecule has 1 amide bonds. The number of phenolic OH excluding ortho intramolecular Hbond substituents is 1. The summed E-state index contributed by atoms with van der Waals surface area (Å²) in [5.74, 6) is -0.195. The van der Waals surface area contributed by atoms with Gasteiger partial charge in [0.2, 0.25) is 0 Å². The third-order valence-corrected chi connectivity index (χ3v) is 4.62. The van der Waals surface area contributed by atoms with Gasteiger partial charge in [0.15, 0.2) is 0 Å². The molecule has 6 nitrogen and oxygen atoms in total. The molecule has 2 rings (SSSR count). The highest BCUT2D eigenvalue weighted by atomic mass is 16.3. The number of amides is 1. The van der Waals surface area contributed by atoms with Crippen LogP contribution in [0.4, 0.5) is 5.82 Å². The van der Waals surface area contributed by atoms with E-state index in [-0.39, 0.29) is 11.6 Å². The zero-order valence-electron chi connectivity index (χ0n) is 21.4. The van der Waals surface area contributed by atoms with Crippen LogP contribution in [0.2, 0.25) is 0 Å². The summed E-state index contributed by atoms with van der Waals surface area (Å²) >= 11 is 0. The van der Waals surface area contributed by atoms with Crippen LogP contribution in [0.15, 0.2) is 42.1 Å². The predicted molar refractivity (Wildman–Crippen MR) is 146 cm³/mol. The quantitative estimate of drug-likeness (QED) is 0.467. The Morgan fingerprint density at radius 1 is 1.24 bits per heavy atom. The van der Waals surface area contributed by atoms with Crippen LogP contribution < -0.4 is 27.4 Å². The van der Waals surface area contributed by atoms with Crippen molar-refractivity contribution in [2.75, 3.05) is 12.8 Å². The number of primary amides is 1. The highest BCUT2D eigenvalue weighted by molar-refractivity contribution is 5.98. The largest absolute Gasteiger partial charge is 0.508 e. The van der Waals surface area contributed by atoms with Gasteiger partial charge in [0.05, 0.1) is 16.6 Å². The molecule has 6 heteroatoms. The monoisotopic (exact) mass is 464 g/mol. The van der Waals surface area contributed by atoms with Crippen molar-refractivity contribution in [3.05, 3.63) is 63.8 Å². The van der Waals surface area contributed by atoms with Crippen molar-refractivity contribution >= 4 is 23.9 Å². The minimum atomic E-state index is -0.578. The van der Waals surface area contributed by atoms with Crippen molar-refractivity contribution in [2.24, 2.45) is 5.73 Å². The van der Waals surface area contributed by atoms with Crippen LogP contribution in [0, 0.1) is 19.8 Å². The summed E-state index contributed by atoms with van der Waals surface area (Å²) in [6.45, 7) is 10.2. The zero-order chi connectivity index (χ0) is 26.3. The summed E-state index contributed by atoms with van der Waals surface area (Å²) < 4.78 is 1.78. The highest BCUT2D eigenvalue weighted by Crippen LogP contribution is 2.22. The number of carbonyl (C=O) groups excluding carboxylic acids is 1. The molecule has 0 atom stereocenters. The number of hydrogen-bond acceptors (Lipinski definition) is 4. The Morgan fingerprint density at radius 2 is 1.85 bits per heavy atom.